The Morgan fingerprint density at radius 1 is 0.727 bits per heavy atom. The van der Waals surface area contributed by atoms with Gasteiger partial charge in [-0.25, -0.2) is 0 Å². The lowest BCUT2D eigenvalue weighted by molar-refractivity contribution is -0.247. The van der Waals surface area contributed by atoms with Crippen LogP contribution in [0.1, 0.15) is 103 Å². The Bertz CT molecular complexity index is 2050. The molecule has 5 nitrogen and oxygen atoms in total. The van der Waals surface area contributed by atoms with Crippen LogP contribution < -0.4 is 14.4 Å². The summed E-state index contributed by atoms with van der Waals surface area (Å²) in [5, 5.41) is 0. The summed E-state index contributed by atoms with van der Waals surface area (Å²) in [5.74, 6) is 1.31. The average molecular weight is 745 g/mol. The van der Waals surface area contributed by atoms with E-state index in [-0.39, 0.29) is 29.9 Å². The molecule has 1 aliphatic heterocycles. The Balaban J connectivity index is 1.00. The largest absolute Gasteiger partial charge is 0.464 e. The number of ether oxygens (including phenoxy) is 3. The van der Waals surface area contributed by atoms with Crippen molar-refractivity contribution in [2.45, 2.75) is 108 Å². The number of hydrogen-bond donors (Lipinski definition) is 0. The lowest BCUT2D eigenvalue weighted by Crippen LogP contribution is -2.48. The fourth-order valence-corrected chi connectivity index (χ4v) is 8.62. The summed E-state index contributed by atoms with van der Waals surface area (Å²) in [5.41, 5.74) is 7.85. The lowest BCUT2D eigenvalue weighted by Gasteiger charge is -2.39. The zero-order valence-corrected chi connectivity index (χ0v) is 31.8. The number of aryl methyl sites for hydroxylation is 3. The third-order valence-corrected chi connectivity index (χ3v) is 11.7. The Morgan fingerprint density at radius 2 is 1.47 bits per heavy atom. The summed E-state index contributed by atoms with van der Waals surface area (Å²) in [6.07, 6.45) is 6.20. The number of unbranched alkanes of at least 4 members (excludes halogenated alkanes) is 2. The second-order valence-electron chi connectivity index (χ2n) is 15.5. The predicted molar refractivity (Wildman–Crippen MR) is 210 cm³/mol. The first-order valence-corrected chi connectivity index (χ1v) is 20.0. The second-order valence-corrected chi connectivity index (χ2v) is 15.5. The molecule has 0 bridgehead atoms. The van der Waals surface area contributed by atoms with E-state index in [4.69, 9.17) is 24.0 Å². The highest BCUT2D eigenvalue weighted by Gasteiger charge is 2.47. The van der Waals surface area contributed by atoms with E-state index in [1.807, 2.05) is 18.2 Å². The van der Waals surface area contributed by atoms with Crippen molar-refractivity contribution in [2.24, 2.45) is 0 Å². The standard InChI is InChI=1S/C48H50F2O5/c1-3-4-6-13-33-20-24-37(25-21-33)48(49,50)54-38-26-28-39(29-27-38)55-51-32-47(2,36-16-7-5-8-17-36)46-52-42-30-22-34-14-9-11-18-40(34)44(42)45-41-19-12-10-15-35(41)23-31-43(45)53-46/h5,7-9,11,14,16-18,20-21,23-29,31,42,44,46H,3-4,6,10,12-13,15,19,22,30,32H2,1-2H3/t42-,44+,46?,47+/m1/s1. The quantitative estimate of drug-likeness (QED) is 0.0682. The van der Waals surface area contributed by atoms with Crippen molar-refractivity contribution >= 4 is 0 Å². The molecule has 0 radical (unpaired) electrons. The van der Waals surface area contributed by atoms with Crippen molar-refractivity contribution in [3.8, 4) is 17.2 Å². The van der Waals surface area contributed by atoms with Gasteiger partial charge in [0.2, 0.25) is 6.29 Å². The number of fused-ring (bicyclic) bond motifs is 7. The van der Waals surface area contributed by atoms with Gasteiger partial charge in [0.05, 0.1) is 17.1 Å². The Kier molecular flexibility index (Phi) is 10.9. The number of halogens is 2. The number of rotatable bonds is 13. The molecule has 0 saturated carbocycles. The van der Waals surface area contributed by atoms with Crippen molar-refractivity contribution in [3.05, 3.63) is 160 Å². The van der Waals surface area contributed by atoms with E-state index in [1.54, 1.807) is 24.3 Å². The monoisotopic (exact) mass is 744 g/mol. The minimum Gasteiger partial charge on any atom is -0.464 e. The fraction of sp³-hybridized carbons (Fsp3) is 0.375. The van der Waals surface area contributed by atoms with E-state index in [9.17, 15) is 0 Å². The zero-order valence-electron chi connectivity index (χ0n) is 31.8. The molecule has 1 heterocycles. The maximum absolute atomic E-state index is 15.1. The molecule has 0 amide bonds. The van der Waals surface area contributed by atoms with E-state index >= 15 is 8.78 Å². The minimum absolute atomic E-state index is 0.0169. The van der Waals surface area contributed by atoms with E-state index < -0.39 is 17.8 Å². The van der Waals surface area contributed by atoms with Gasteiger partial charge in [-0.15, -0.1) is 0 Å². The van der Waals surface area contributed by atoms with Gasteiger partial charge < -0.3 is 19.1 Å². The lowest BCUT2D eigenvalue weighted by atomic mass is 9.73. The maximum atomic E-state index is 15.1. The van der Waals surface area contributed by atoms with Crippen molar-refractivity contribution in [3.63, 3.8) is 0 Å². The van der Waals surface area contributed by atoms with E-state index in [2.05, 4.69) is 62.4 Å². The zero-order chi connectivity index (χ0) is 37.8. The van der Waals surface area contributed by atoms with Crippen molar-refractivity contribution in [1.82, 2.24) is 0 Å². The molecule has 0 spiro atoms. The van der Waals surface area contributed by atoms with Gasteiger partial charge in [-0.1, -0.05) is 92.6 Å². The van der Waals surface area contributed by atoms with Crippen LogP contribution in [-0.2, 0) is 46.8 Å². The summed E-state index contributed by atoms with van der Waals surface area (Å²) >= 11 is 0. The highest BCUT2D eigenvalue weighted by atomic mass is 19.3. The number of benzene rings is 5. The fourth-order valence-electron chi connectivity index (χ4n) is 8.62. The topological polar surface area (TPSA) is 46.2 Å². The molecule has 1 unspecified atom stereocenters. The van der Waals surface area contributed by atoms with E-state index in [0.29, 0.717) is 5.75 Å². The molecule has 7 heteroatoms. The number of alkyl halides is 2. The predicted octanol–water partition coefficient (Wildman–Crippen LogP) is 11.6. The van der Waals surface area contributed by atoms with Gasteiger partial charge in [0.15, 0.2) is 5.75 Å². The molecule has 3 aliphatic rings. The summed E-state index contributed by atoms with van der Waals surface area (Å²) in [6, 6.07) is 35.7. The Morgan fingerprint density at radius 3 is 2.27 bits per heavy atom. The molecule has 55 heavy (non-hydrogen) atoms. The van der Waals surface area contributed by atoms with Crippen LogP contribution in [0.5, 0.6) is 17.2 Å². The maximum Gasteiger partial charge on any atom is 0.426 e. The summed E-state index contributed by atoms with van der Waals surface area (Å²) in [7, 11) is 0. The van der Waals surface area contributed by atoms with Gasteiger partial charge in [-0.3, -0.25) is 0 Å². The number of hydrogen-bond acceptors (Lipinski definition) is 5. The van der Waals surface area contributed by atoms with Crippen molar-refractivity contribution < 1.29 is 32.8 Å². The van der Waals surface area contributed by atoms with E-state index in [0.717, 1.165) is 68.2 Å². The van der Waals surface area contributed by atoms with Crippen LogP contribution >= 0.6 is 0 Å². The van der Waals surface area contributed by atoms with Gasteiger partial charge in [0.25, 0.3) is 0 Å². The highest BCUT2D eigenvalue weighted by molar-refractivity contribution is 5.55. The first kappa shape index (κ1) is 37.2. The van der Waals surface area contributed by atoms with Crippen LogP contribution in [-0.4, -0.2) is 19.0 Å². The van der Waals surface area contributed by atoms with E-state index in [1.165, 1.54) is 64.9 Å². The molecule has 0 fully saturated rings. The van der Waals surface area contributed by atoms with Crippen molar-refractivity contribution in [2.75, 3.05) is 6.61 Å². The van der Waals surface area contributed by atoms with Gasteiger partial charge in [-0.05, 0) is 134 Å². The SMILES string of the molecule is CCCCCc1ccc(C(F)(F)Oc2ccc(OOC[C@@](C)(c3ccccc3)C3Oc4ccc5c(c4[C@H]4c6ccccc6CC[C@H]4O3)CCCC5)cc2)cc1. The molecule has 0 aromatic heterocycles. The third kappa shape index (κ3) is 7.87. The van der Waals surface area contributed by atoms with Crippen LogP contribution in [0.25, 0.3) is 0 Å². The molecule has 5 aromatic rings. The summed E-state index contributed by atoms with van der Waals surface area (Å²) in [4.78, 5) is 11.8. The molecule has 286 valence electrons. The van der Waals surface area contributed by atoms with Crippen LogP contribution in [0.4, 0.5) is 8.78 Å². The van der Waals surface area contributed by atoms with Gasteiger partial charge in [0, 0.05) is 11.5 Å². The smallest absolute Gasteiger partial charge is 0.426 e. The van der Waals surface area contributed by atoms with Gasteiger partial charge >= 0.3 is 6.11 Å². The molecular formula is C48H50F2O5. The summed E-state index contributed by atoms with van der Waals surface area (Å²) < 4.78 is 49.6. The third-order valence-electron chi connectivity index (χ3n) is 11.7. The highest BCUT2D eigenvalue weighted by Crippen LogP contribution is 2.50. The minimum atomic E-state index is -3.49. The molecule has 0 saturated heterocycles. The van der Waals surface area contributed by atoms with Gasteiger partial charge in [-0.2, -0.15) is 13.7 Å². The van der Waals surface area contributed by atoms with Crippen LogP contribution in [0.2, 0.25) is 0 Å². The average Bonchev–Trinajstić information content (AvgIpc) is 3.40. The first-order valence-electron chi connectivity index (χ1n) is 20.0. The van der Waals surface area contributed by atoms with Crippen LogP contribution in [0.15, 0.2) is 115 Å². The molecule has 0 N–H and O–H groups in total. The second kappa shape index (κ2) is 16.2. The first-order chi connectivity index (χ1) is 26.8. The van der Waals surface area contributed by atoms with Crippen LogP contribution in [0, 0.1) is 0 Å². The molecular weight excluding hydrogens is 695 g/mol. The summed E-state index contributed by atoms with van der Waals surface area (Å²) in [6.45, 7) is 4.33. The molecule has 2 aliphatic carbocycles. The molecule has 4 atom stereocenters. The van der Waals surface area contributed by atoms with Gasteiger partial charge in [0.1, 0.15) is 18.1 Å². The molecule has 5 aromatic carbocycles. The Hall–Kier alpha value is -4.72. The van der Waals surface area contributed by atoms with Crippen molar-refractivity contribution in [1.29, 1.82) is 0 Å². The van der Waals surface area contributed by atoms with Crippen LogP contribution in [0.3, 0.4) is 0 Å². The molecule has 8 rings (SSSR count). The Labute approximate surface area is 323 Å². The normalized spacial score (nSPS) is 20.0.